The van der Waals surface area contributed by atoms with Crippen molar-refractivity contribution in [1.29, 1.82) is 0 Å². The van der Waals surface area contributed by atoms with Crippen molar-refractivity contribution in [3.8, 4) is 0 Å². The van der Waals surface area contributed by atoms with Crippen molar-refractivity contribution in [3.05, 3.63) is 64.7 Å². The maximum atomic E-state index is 13.5. The number of nitrogens with one attached hydrogen (secondary N) is 2. The number of ketones is 1. The Hall–Kier alpha value is -3.30. The Morgan fingerprint density at radius 3 is 2.28 bits per heavy atom. The minimum absolute atomic E-state index is 0.0183. The number of halogens is 3. The number of rotatable bonds is 12. The summed E-state index contributed by atoms with van der Waals surface area (Å²) in [6, 6.07) is 7.42. The van der Waals surface area contributed by atoms with Gasteiger partial charge in [-0.3, -0.25) is 14.4 Å². The lowest BCUT2D eigenvalue weighted by atomic mass is 9.77. The van der Waals surface area contributed by atoms with Gasteiger partial charge in [-0.1, -0.05) is 30.3 Å². The molecule has 0 spiro atoms. The molecule has 0 bridgehead atoms. The molecule has 0 saturated heterocycles. The zero-order valence-electron chi connectivity index (χ0n) is 26.1. The Labute approximate surface area is 267 Å². The number of aryl methyl sites for hydroxylation is 1. The number of Topliss-reactive ketones (excluding diaryl/α,β-unsaturated/α-hetero) is 1. The lowest BCUT2D eigenvalue weighted by molar-refractivity contribution is -0.137. The SMILES string of the molecule is CC1(C)OB(O)c2cc(CC(=O)[C@@H](CCc3ccc(C(F)(F)F)cc3)NC(=O)[C@@H](N)CCC(=O)NC3C[C@@H](N)C[C@@H](N)C3)ccc21. The van der Waals surface area contributed by atoms with Gasteiger partial charge in [0.05, 0.1) is 23.2 Å². The molecule has 14 heteroatoms. The molecule has 1 aliphatic carbocycles. The van der Waals surface area contributed by atoms with E-state index < -0.39 is 42.5 Å². The van der Waals surface area contributed by atoms with Crippen LogP contribution in [0.25, 0.3) is 0 Å². The van der Waals surface area contributed by atoms with E-state index in [0.717, 1.165) is 17.7 Å². The molecule has 2 amide bonds. The number of hydrogen-bond acceptors (Lipinski definition) is 8. The van der Waals surface area contributed by atoms with Crippen LogP contribution >= 0.6 is 0 Å². The Bertz CT molecular complexity index is 1400. The third kappa shape index (κ3) is 9.38. The molecule has 1 saturated carbocycles. The van der Waals surface area contributed by atoms with Crippen molar-refractivity contribution in [3.63, 3.8) is 0 Å². The minimum atomic E-state index is -4.47. The van der Waals surface area contributed by atoms with Crippen LogP contribution in [0.3, 0.4) is 0 Å². The van der Waals surface area contributed by atoms with Crippen LogP contribution in [0.1, 0.15) is 74.6 Å². The predicted octanol–water partition coefficient (Wildman–Crippen LogP) is 1.32. The first-order valence-electron chi connectivity index (χ1n) is 15.6. The first-order valence-corrected chi connectivity index (χ1v) is 15.6. The quantitative estimate of drug-likeness (QED) is 0.187. The van der Waals surface area contributed by atoms with Crippen LogP contribution in [0.15, 0.2) is 42.5 Å². The Morgan fingerprint density at radius 2 is 1.65 bits per heavy atom. The first kappa shape index (κ1) is 35.6. The van der Waals surface area contributed by atoms with Gasteiger partial charge in [-0.25, -0.2) is 0 Å². The number of nitrogens with two attached hydrogens (primary N) is 3. The number of amides is 2. The molecule has 1 aliphatic heterocycles. The highest BCUT2D eigenvalue weighted by atomic mass is 19.4. The van der Waals surface area contributed by atoms with Crippen molar-refractivity contribution in [2.24, 2.45) is 17.2 Å². The maximum Gasteiger partial charge on any atom is 0.492 e. The molecule has 2 aliphatic rings. The zero-order chi connectivity index (χ0) is 33.8. The largest absolute Gasteiger partial charge is 0.492 e. The summed E-state index contributed by atoms with van der Waals surface area (Å²) >= 11 is 0. The molecule has 46 heavy (non-hydrogen) atoms. The molecule has 0 radical (unpaired) electrons. The van der Waals surface area contributed by atoms with Crippen molar-refractivity contribution in [2.45, 2.75) is 107 Å². The van der Waals surface area contributed by atoms with Gasteiger partial charge >= 0.3 is 13.3 Å². The smallest absolute Gasteiger partial charge is 0.423 e. The summed E-state index contributed by atoms with van der Waals surface area (Å²) in [6.45, 7) is 3.65. The van der Waals surface area contributed by atoms with Gasteiger partial charge < -0.3 is 37.5 Å². The number of hydrogen-bond donors (Lipinski definition) is 6. The highest BCUT2D eigenvalue weighted by Crippen LogP contribution is 2.31. The van der Waals surface area contributed by atoms with Gasteiger partial charge in [0.2, 0.25) is 11.8 Å². The van der Waals surface area contributed by atoms with E-state index in [1.807, 2.05) is 13.8 Å². The average molecular weight is 646 g/mol. The molecule has 1 heterocycles. The Morgan fingerprint density at radius 1 is 1.02 bits per heavy atom. The van der Waals surface area contributed by atoms with Crippen molar-refractivity contribution >= 4 is 30.2 Å². The summed E-state index contributed by atoms with van der Waals surface area (Å²) in [4.78, 5) is 39.2. The molecule has 5 atom stereocenters. The molecule has 2 aromatic carbocycles. The summed E-state index contributed by atoms with van der Waals surface area (Å²) in [5, 5.41) is 16.0. The van der Waals surface area contributed by atoms with E-state index in [2.05, 4.69) is 10.6 Å². The van der Waals surface area contributed by atoms with Crippen LogP contribution in [-0.4, -0.2) is 59.9 Å². The lowest BCUT2D eigenvalue weighted by Crippen LogP contribution is -2.50. The first-order chi connectivity index (χ1) is 21.5. The molecule has 250 valence electrons. The third-order valence-corrected chi connectivity index (χ3v) is 8.69. The van der Waals surface area contributed by atoms with Crippen LogP contribution in [0, 0.1) is 0 Å². The predicted molar refractivity (Wildman–Crippen MR) is 168 cm³/mol. The molecule has 10 nitrogen and oxygen atoms in total. The van der Waals surface area contributed by atoms with Crippen molar-refractivity contribution in [2.75, 3.05) is 0 Å². The van der Waals surface area contributed by atoms with Crippen LogP contribution in [0.5, 0.6) is 0 Å². The fraction of sp³-hybridized carbons (Fsp3) is 0.531. The Balaban J connectivity index is 1.40. The van der Waals surface area contributed by atoms with Crippen LogP contribution in [0.2, 0.25) is 0 Å². The molecule has 1 unspecified atom stereocenters. The van der Waals surface area contributed by atoms with Crippen molar-refractivity contribution in [1.82, 2.24) is 10.6 Å². The van der Waals surface area contributed by atoms with Crippen LogP contribution in [-0.2, 0) is 43.7 Å². The summed E-state index contributed by atoms with van der Waals surface area (Å²) in [7, 11) is -1.14. The van der Waals surface area contributed by atoms with E-state index in [9.17, 15) is 32.6 Å². The van der Waals surface area contributed by atoms with Gasteiger partial charge in [0.15, 0.2) is 5.78 Å². The molecule has 9 N–H and O–H groups in total. The Kier molecular flexibility index (Phi) is 11.3. The number of carbonyl (C=O) groups is 3. The van der Waals surface area contributed by atoms with Gasteiger partial charge in [0, 0.05) is 31.0 Å². The molecule has 1 fully saturated rings. The van der Waals surface area contributed by atoms with Gasteiger partial charge in [0.25, 0.3) is 0 Å². The second-order valence-corrected chi connectivity index (χ2v) is 13.0. The molecular formula is C32H43BF3N5O5. The fourth-order valence-electron chi connectivity index (χ4n) is 6.21. The lowest BCUT2D eigenvalue weighted by Gasteiger charge is -2.31. The van der Waals surface area contributed by atoms with Crippen LogP contribution < -0.4 is 33.3 Å². The molecule has 2 aromatic rings. The van der Waals surface area contributed by atoms with Gasteiger partial charge in [-0.05, 0) is 86.7 Å². The molecule has 0 aromatic heterocycles. The van der Waals surface area contributed by atoms with E-state index in [1.54, 1.807) is 18.2 Å². The molecule has 4 rings (SSSR count). The van der Waals surface area contributed by atoms with E-state index in [-0.39, 0.29) is 61.9 Å². The fourth-order valence-corrected chi connectivity index (χ4v) is 6.21. The summed E-state index contributed by atoms with van der Waals surface area (Å²) in [5.74, 6) is -1.25. The highest BCUT2D eigenvalue weighted by molar-refractivity contribution is 6.62. The zero-order valence-corrected chi connectivity index (χ0v) is 26.1. The number of fused-ring (bicyclic) bond motifs is 1. The maximum absolute atomic E-state index is 13.5. The summed E-state index contributed by atoms with van der Waals surface area (Å²) < 4.78 is 44.6. The second-order valence-electron chi connectivity index (χ2n) is 13.0. The normalized spacial score (nSPS) is 22.1. The van der Waals surface area contributed by atoms with Gasteiger partial charge in [-0.2, -0.15) is 13.2 Å². The van der Waals surface area contributed by atoms with Crippen LogP contribution in [0.4, 0.5) is 13.2 Å². The van der Waals surface area contributed by atoms with Gasteiger partial charge in [0.1, 0.15) is 0 Å². The number of benzene rings is 2. The van der Waals surface area contributed by atoms with Gasteiger partial charge in [-0.15, -0.1) is 0 Å². The van der Waals surface area contributed by atoms with E-state index in [0.29, 0.717) is 35.9 Å². The average Bonchev–Trinajstić information content (AvgIpc) is 3.19. The number of alkyl halides is 3. The second kappa shape index (κ2) is 14.6. The molecular weight excluding hydrogens is 602 g/mol. The third-order valence-electron chi connectivity index (χ3n) is 8.69. The monoisotopic (exact) mass is 645 g/mol. The standard InChI is InChI=1S/C32H43BF3N5O5/c1-31(2)24-9-5-19(13-25(24)33(45)46-31)14-28(42)27(11-6-18-3-7-20(8-4-18)32(34,35)36)41-30(44)26(39)10-12-29(43)40-23-16-21(37)15-22(38)17-23/h3-5,7-9,13,21-23,26-27,45H,6,10-12,14-17,37-39H2,1-2H3,(H,40,43)(H,41,44)/t21-,22+,23?,26-,27+/m0/s1. The van der Waals surface area contributed by atoms with E-state index in [4.69, 9.17) is 21.9 Å². The summed E-state index contributed by atoms with van der Waals surface area (Å²) in [6.07, 6.45) is -2.31. The van der Waals surface area contributed by atoms with E-state index >= 15 is 0 Å². The van der Waals surface area contributed by atoms with E-state index in [1.165, 1.54) is 12.1 Å². The number of carbonyl (C=O) groups excluding carboxylic acids is 3. The summed E-state index contributed by atoms with van der Waals surface area (Å²) in [5.41, 5.74) is 19.2. The highest BCUT2D eigenvalue weighted by Gasteiger charge is 2.40. The minimum Gasteiger partial charge on any atom is -0.423 e. The topological polar surface area (TPSA) is 183 Å². The van der Waals surface area contributed by atoms with Crippen molar-refractivity contribution < 1.29 is 37.2 Å².